The molecule has 0 atom stereocenters. The Kier molecular flexibility index (Phi) is 5.89. The third kappa shape index (κ3) is 5.19. The molecular formula is C14H16ClN5O2S. The summed E-state index contributed by atoms with van der Waals surface area (Å²) in [5.74, 6) is 1.51. The number of hydrogen-bond donors (Lipinski definition) is 3. The average molecular weight is 354 g/mol. The van der Waals surface area contributed by atoms with Gasteiger partial charge in [-0.3, -0.25) is 4.79 Å². The number of nitrogens with zero attached hydrogens (tertiary/aromatic N) is 2. The molecule has 1 heterocycles. The van der Waals surface area contributed by atoms with Crippen molar-refractivity contribution in [2.45, 2.75) is 11.6 Å². The molecule has 1 aromatic carbocycles. The smallest absolute Gasteiger partial charge is 0.225 e. The Bertz CT molecular complexity index is 693. The molecular weight excluding hydrogens is 338 g/mol. The van der Waals surface area contributed by atoms with Crippen LogP contribution in [0.2, 0.25) is 5.02 Å². The van der Waals surface area contributed by atoms with Gasteiger partial charge in [0.2, 0.25) is 5.91 Å². The summed E-state index contributed by atoms with van der Waals surface area (Å²) in [5, 5.41) is 3.64. The van der Waals surface area contributed by atoms with Crippen LogP contribution in [0.4, 0.5) is 17.3 Å². The van der Waals surface area contributed by atoms with Gasteiger partial charge in [-0.25, -0.2) is 9.97 Å². The van der Waals surface area contributed by atoms with Crippen molar-refractivity contribution in [1.82, 2.24) is 9.97 Å². The zero-order chi connectivity index (χ0) is 16.8. The van der Waals surface area contributed by atoms with E-state index in [0.717, 1.165) is 0 Å². The van der Waals surface area contributed by atoms with Crippen molar-refractivity contribution >= 4 is 46.6 Å². The van der Waals surface area contributed by atoms with E-state index in [-0.39, 0.29) is 12.3 Å². The van der Waals surface area contributed by atoms with Crippen LogP contribution < -0.4 is 21.5 Å². The number of halogens is 1. The molecule has 0 fully saturated rings. The fourth-order valence-corrected chi connectivity index (χ4v) is 2.80. The molecule has 0 spiro atoms. The third-order valence-electron chi connectivity index (χ3n) is 2.74. The van der Waals surface area contributed by atoms with E-state index in [0.29, 0.717) is 39.0 Å². The van der Waals surface area contributed by atoms with E-state index in [1.807, 2.05) is 0 Å². The van der Waals surface area contributed by atoms with Gasteiger partial charge in [0.25, 0.3) is 0 Å². The van der Waals surface area contributed by atoms with E-state index < -0.39 is 0 Å². The SMILES string of the molecule is COc1ccc(NC(=O)CCSc2nc(N)cc(N)n2)cc1Cl. The molecule has 0 aliphatic carbocycles. The number of carbonyl (C=O) groups is 1. The van der Waals surface area contributed by atoms with Crippen LogP contribution in [0.25, 0.3) is 0 Å². The molecule has 0 bridgehead atoms. The average Bonchev–Trinajstić information content (AvgIpc) is 2.46. The topological polar surface area (TPSA) is 116 Å². The molecule has 0 aliphatic heterocycles. The Hall–Kier alpha value is -2.19. The minimum atomic E-state index is -0.143. The number of amides is 1. The Labute approximate surface area is 142 Å². The quantitative estimate of drug-likeness (QED) is 0.539. The molecule has 1 amide bonds. The predicted molar refractivity (Wildman–Crippen MR) is 92.8 cm³/mol. The van der Waals surface area contributed by atoms with Crippen molar-refractivity contribution in [2.24, 2.45) is 0 Å². The standard InChI is InChI=1S/C14H16ClN5O2S/c1-22-10-3-2-8(6-9(10)15)18-13(21)4-5-23-14-19-11(16)7-12(17)20-14/h2-3,6-7H,4-5H2,1H3,(H,18,21)(H4,16,17,19,20). The van der Waals surface area contributed by atoms with Gasteiger partial charge >= 0.3 is 0 Å². The second-order valence-corrected chi connectivity index (χ2v) is 5.97. The first-order chi connectivity index (χ1) is 11.0. The molecule has 0 aliphatic rings. The maximum atomic E-state index is 11.9. The lowest BCUT2D eigenvalue weighted by Gasteiger charge is -2.08. The first-order valence-corrected chi connectivity index (χ1v) is 8.00. The number of nitrogens with two attached hydrogens (primary N) is 2. The molecule has 122 valence electrons. The van der Waals surface area contributed by atoms with Gasteiger partial charge in [0.15, 0.2) is 5.16 Å². The van der Waals surface area contributed by atoms with Crippen LogP contribution in [0.15, 0.2) is 29.4 Å². The summed E-state index contributed by atoms with van der Waals surface area (Å²) in [5.41, 5.74) is 11.8. The zero-order valence-electron chi connectivity index (χ0n) is 12.4. The van der Waals surface area contributed by atoms with Gasteiger partial charge < -0.3 is 21.5 Å². The third-order valence-corrected chi connectivity index (χ3v) is 3.89. The second-order valence-electron chi connectivity index (χ2n) is 4.50. The van der Waals surface area contributed by atoms with Gasteiger partial charge in [-0.2, -0.15) is 0 Å². The van der Waals surface area contributed by atoms with Crippen LogP contribution in [-0.2, 0) is 4.79 Å². The molecule has 2 rings (SSSR count). The number of hydrogen-bond acceptors (Lipinski definition) is 7. The van der Waals surface area contributed by atoms with Crippen LogP contribution in [0.5, 0.6) is 5.75 Å². The molecule has 0 radical (unpaired) electrons. The lowest BCUT2D eigenvalue weighted by atomic mass is 10.3. The minimum Gasteiger partial charge on any atom is -0.495 e. The highest BCUT2D eigenvalue weighted by molar-refractivity contribution is 7.99. The fraction of sp³-hybridized carbons (Fsp3) is 0.214. The number of methoxy groups -OCH3 is 1. The first-order valence-electron chi connectivity index (χ1n) is 6.64. The fourth-order valence-electron chi connectivity index (χ4n) is 1.73. The number of nitrogen functional groups attached to an aromatic ring is 2. The summed E-state index contributed by atoms with van der Waals surface area (Å²) in [6.45, 7) is 0. The number of carbonyl (C=O) groups excluding carboxylic acids is 1. The first kappa shape index (κ1) is 17.2. The monoisotopic (exact) mass is 353 g/mol. The number of aromatic nitrogens is 2. The van der Waals surface area contributed by atoms with Crippen LogP contribution in [0, 0.1) is 0 Å². The van der Waals surface area contributed by atoms with Crippen LogP contribution in [0.3, 0.4) is 0 Å². The number of anilines is 3. The summed E-state index contributed by atoms with van der Waals surface area (Å²) < 4.78 is 5.06. The minimum absolute atomic E-state index is 0.143. The van der Waals surface area contributed by atoms with Gasteiger partial charge in [0.1, 0.15) is 17.4 Å². The summed E-state index contributed by atoms with van der Waals surface area (Å²) in [6, 6.07) is 6.52. The Balaban J connectivity index is 1.84. The zero-order valence-corrected chi connectivity index (χ0v) is 13.9. The molecule has 23 heavy (non-hydrogen) atoms. The summed E-state index contributed by atoms with van der Waals surface area (Å²) in [7, 11) is 1.53. The van der Waals surface area contributed by atoms with E-state index >= 15 is 0 Å². The highest BCUT2D eigenvalue weighted by atomic mass is 35.5. The Morgan fingerprint density at radius 2 is 2.00 bits per heavy atom. The number of thioether (sulfide) groups is 1. The molecule has 9 heteroatoms. The van der Waals surface area contributed by atoms with Crippen molar-refractivity contribution in [3.8, 4) is 5.75 Å². The molecule has 0 saturated heterocycles. The van der Waals surface area contributed by atoms with E-state index in [1.54, 1.807) is 18.2 Å². The number of rotatable bonds is 6. The van der Waals surface area contributed by atoms with Gasteiger partial charge in [-0.15, -0.1) is 0 Å². The van der Waals surface area contributed by atoms with E-state index in [9.17, 15) is 4.79 Å². The summed E-state index contributed by atoms with van der Waals surface area (Å²) in [4.78, 5) is 20.0. The molecule has 5 N–H and O–H groups in total. The van der Waals surface area contributed by atoms with Crippen molar-refractivity contribution in [2.75, 3.05) is 29.6 Å². The van der Waals surface area contributed by atoms with E-state index in [2.05, 4.69) is 15.3 Å². The van der Waals surface area contributed by atoms with E-state index in [1.165, 1.54) is 24.9 Å². The molecule has 0 saturated carbocycles. The molecule has 7 nitrogen and oxygen atoms in total. The largest absolute Gasteiger partial charge is 0.495 e. The van der Waals surface area contributed by atoms with Crippen LogP contribution in [0.1, 0.15) is 6.42 Å². The van der Waals surface area contributed by atoms with Crippen molar-refractivity contribution in [3.05, 3.63) is 29.3 Å². The van der Waals surface area contributed by atoms with Gasteiger partial charge in [0.05, 0.1) is 12.1 Å². The van der Waals surface area contributed by atoms with Crippen LogP contribution in [-0.4, -0.2) is 28.7 Å². The number of ether oxygens (including phenoxy) is 1. The van der Waals surface area contributed by atoms with Crippen LogP contribution >= 0.6 is 23.4 Å². The highest BCUT2D eigenvalue weighted by Gasteiger charge is 2.07. The molecule has 2 aromatic rings. The summed E-state index contributed by atoms with van der Waals surface area (Å²) >= 11 is 7.31. The van der Waals surface area contributed by atoms with Gasteiger partial charge in [0, 0.05) is 23.9 Å². The van der Waals surface area contributed by atoms with Crippen molar-refractivity contribution in [1.29, 1.82) is 0 Å². The second kappa shape index (κ2) is 7.89. The Morgan fingerprint density at radius 3 is 2.61 bits per heavy atom. The molecule has 1 aromatic heterocycles. The maximum Gasteiger partial charge on any atom is 0.225 e. The van der Waals surface area contributed by atoms with Crippen molar-refractivity contribution in [3.63, 3.8) is 0 Å². The number of benzene rings is 1. The summed E-state index contributed by atoms with van der Waals surface area (Å²) in [6.07, 6.45) is 0.284. The van der Waals surface area contributed by atoms with Gasteiger partial charge in [-0.05, 0) is 18.2 Å². The van der Waals surface area contributed by atoms with E-state index in [4.69, 9.17) is 27.8 Å². The highest BCUT2D eigenvalue weighted by Crippen LogP contribution is 2.27. The number of nitrogens with one attached hydrogen (secondary N) is 1. The maximum absolute atomic E-state index is 11.9. The lowest BCUT2D eigenvalue weighted by Crippen LogP contribution is -2.12. The Morgan fingerprint density at radius 1 is 1.30 bits per heavy atom. The lowest BCUT2D eigenvalue weighted by molar-refractivity contribution is -0.115. The predicted octanol–water partition coefficient (Wildman–Crippen LogP) is 2.42. The van der Waals surface area contributed by atoms with Crippen molar-refractivity contribution < 1.29 is 9.53 Å². The molecule has 0 unspecified atom stereocenters. The van der Waals surface area contributed by atoms with Gasteiger partial charge in [-0.1, -0.05) is 23.4 Å². The normalized spacial score (nSPS) is 10.3.